The Morgan fingerprint density at radius 2 is 2.18 bits per heavy atom. The second-order valence-corrected chi connectivity index (χ2v) is 5.88. The third-order valence-corrected chi connectivity index (χ3v) is 4.46. The maximum absolute atomic E-state index is 12.1. The van der Waals surface area contributed by atoms with Crippen LogP contribution in [0.15, 0.2) is 39.5 Å². The summed E-state index contributed by atoms with van der Waals surface area (Å²) in [4.78, 5) is 27.7. The molecule has 0 atom stereocenters. The van der Waals surface area contributed by atoms with Gasteiger partial charge in [-0.15, -0.1) is 0 Å². The standard InChI is InChI=1S/C13H10N4O3S2/c1-21-13-16-22-12-15-11(20)7(10(14)17(12)13)4-6-2-3-8(18)9(19)5-6/h2-5,19H,14H2,1H3/b6-4+. The molecule has 2 aromatic rings. The topological polar surface area (TPSA) is 111 Å². The van der Waals surface area contributed by atoms with Crippen LogP contribution < -0.4 is 11.3 Å². The summed E-state index contributed by atoms with van der Waals surface area (Å²) in [6.07, 6.45) is 7.33. The van der Waals surface area contributed by atoms with Crippen molar-refractivity contribution in [1.82, 2.24) is 13.8 Å². The lowest BCUT2D eigenvalue weighted by atomic mass is 10.1. The van der Waals surface area contributed by atoms with Crippen LogP contribution in [0.1, 0.15) is 5.56 Å². The van der Waals surface area contributed by atoms with E-state index in [1.54, 1.807) is 4.40 Å². The summed E-state index contributed by atoms with van der Waals surface area (Å²) in [6.45, 7) is 0. The number of nitrogens with two attached hydrogens (primary N) is 1. The van der Waals surface area contributed by atoms with E-state index in [4.69, 9.17) is 5.73 Å². The fraction of sp³-hybridized carbons (Fsp3) is 0.0769. The zero-order valence-electron chi connectivity index (χ0n) is 11.3. The number of nitrogens with zero attached hydrogens (tertiary/aromatic N) is 3. The highest BCUT2D eigenvalue weighted by Gasteiger charge is 2.15. The number of carbonyl (C=O) groups is 1. The number of hydrogen-bond acceptors (Lipinski definition) is 8. The van der Waals surface area contributed by atoms with Crippen LogP contribution in [0.5, 0.6) is 0 Å². The van der Waals surface area contributed by atoms with Gasteiger partial charge in [-0.1, -0.05) is 17.8 Å². The number of thioether (sulfide) groups is 1. The molecular formula is C13H10N4O3S2. The van der Waals surface area contributed by atoms with Gasteiger partial charge in [0.15, 0.2) is 10.9 Å². The van der Waals surface area contributed by atoms with Crippen LogP contribution in [-0.2, 0) is 4.79 Å². The Balaban J connectivity index is 2.22. The molecular weight excluding hydrogens is 324 g/mol. The van der Waals surface area contributed by atoms with Crippen LogP contribution >= 0.6 is 23.3 Å². The van der Waals surface area contributed by atoms with Gasteiger partial charge in [-0.25, -0.2) is 4.40 Å². The van der Waals surface area contributed by atoms with E-state index in [0.29, 0.717) is 15.7 Å². The van der Waals surface area contributed by atoms with E-state index >= 15 is 0 Å². The molecule has 2 aromatic heterocycles. The van der Waals surface area contributed by atoms with Crippen LogP contribution in [0.25, 0.3) is 11.0 Å². The largest absolute Gasteiger partial charge is 0.504 e. The van der Waals surface area contributed by atoms with Gasteiger partial charge in [0, 0.05) is 11.5 Å². The van der Waals surface area contributed by atoms with Crippen LogP contribution in [0.3, 0.4) is 0 Å². The van der Waals surface area contributed by atoms with Crippen molar-refractivity contribution in [1.29, 1.82) is 0 Å². The summed E-state index contributed by atoms with van der Waals surface area (Å²) in [5, 5.41) is 10.1. The monoisotopic (exact) mass is 334 g/mol. The van der Waals surface area contributed by atoms with Gasteiger partial charge in [-0.3, -0.25) is 9.59 Å². The Morgan fingerprint density at radius 3 is 2.86 bits per heavy atom. The van der Waals surface area contributed by atoms with Crippen LogP contribution in [0.4, 0.5) is 5.82 Å². The van der Waals surface area contributed by atoms with Crippen molar-refractivity contribution >= 4 is 45.9 Å². The van der Waals surface area contributed by atoms with Crippen LogP contribution in [0, 0.1) is 0 Å². The first-order chi connectivity index (χ1) is 10.5. The molecule has 0 fully saturated rings. The van der Waals surface area contributed by atoms with Crippen molar-refractivity contribution in [2.45, 2.75) is 5.16 Å². The summed E-state index contributed by atoms with van der Waals surface area (Å²) in [6, 6.07) is 0. The number of nitrogen functional groups attached to an aromatic ring is 1. The second kappa shape index (κ2) is 5.43. The van der Waals surface area contributed by atoms with Crippen molar-refractivity contribution in [3.8, 4) is 0 Å². The number of fused-ring (bicyclic) bond motifs is 1. The third-order valence-electron chi connectivity index (χ3n) is 3.01. The molecule has 112 valence electrons. The average molecular weight is 334 g/mol. The minimum absolute atomic E-state index is 0.186. The predicted molar refractivity (Wildman–Crippen MR) is 86.2 cm³/mol. The number of ketones is 1. The summed E-state index contributed by atoms with van der Waals surface area (Å²) >= 11 is 2.48. The van der Waals surface area contributed by atoms with Gasteiger partial charge in [0.1, 0.15) is 5.82 Å². The summed E-state index contributed by atoms with van der Waals surface area (Å²) in [5.41, 5.74) is 6.26. The van der Waals surface area contributed by atoms with Crippen molar-refractivity contribution < 1.29 is 9.90 Å². The SMILES string of the molecule is CSc1nsc2nc(=O)c(/C=C3\C=CC(=O)C(O)=C3)c(N)n12. The molecule has 0 aliphatic heterocycles. The second-order valence-electron chi connectivity index (χ2n) is 4.37. The highest BCUT2D eigenvalue weighted by atomic mass is 32.2. The van der Waals surface area contributed by atoms with Crippen molar-refractivity contribution in [3.05, 3.63) is 45.5 Å². The van der Waals surface area contributed by atoms with Gasteiger partial charge in [-0.05, 0) is 30.1 Å². The molecule has 1 aliphatic carbocycles. The number of carbonyl (C=O) groups excluding carboxylic acids is 1. The first kappa shape index (κ1) is 14.5. The number of rotatable bonds is 2. The molecule has 3 rings (SSSR count). The molecule has 0 radical (unpaired) electrons. The molecule has 7 nitrogen and oxygen atoms in total. The van der Waals surface area contributed by atoms with Crippen molar-refractivity contribution in [3.63, 3.8) is 0 Å². The quantitative estimate of drug-likeness (QED) is 0.799. The van der Waals surface area contributed by atoms with Gasteiger partial charge in [-0.2, -0.15) is 9.36 Å². The fourth-order valence-corrected chi connectivity index (χ4v) is 3.42. The zero-order chi connectivity index (χ0) is 15.9. The predicted octanol–water partition coefficient (Wildman–Crippen LogP) is 1.42. The first-order valence-electron chi connectivity index (χ1n) is 6.08. The minimum Gasteiger partial charge on any atom is -0.504 e. The van der Waals surface area contributed by atoms with Crippen molar-refractivity contribution in [2.75, 3.05) is 12.0 Å². The number of allylic oxidation sites excluding steroid dienone is 4. The van der Waals surface area contributed by atoms with Crippen molar-refractivity contribution in [2.24, 2.45) is 0 Å². The Labute approximate surface area is 132 Å². The highest BCUT2D eigenvalue weighted by molar-refractivity contribution is 7.98. The summed E-state index contributed by atoms with van der Waals surface area (Å²) in [7, 11) is 0. The molecule has 0 aromatic carbocycles. The van der Waals surface area contributed by atoms with Crippen LogP contribution in [-0.4, -0.2) is 30.9 Å². The van der Waals surface area contributed by atoms with E-state index in [9.17, 15) is 14.7 Å². The number of hydrogen-bond donors (Lipinski definition) is 2. The zero-order valence-corrected chi connectivity index (χ0v) is 12.9. The summed E-state index contributed by atoms with van der Waals surface area (Å²) in [5.74, 6) is -0.649. The van der Waals surface area contributed by atoms with E-state index in [0.717, 1.165) is 11.5 Å². The molecule has 2 heterocycles. The van der Waals surface area contributed by atoms with Gasteiger partial charge < -0.3 is 10.8 Å². The maximum Gasteiger partial charge on any atom is 0.283 e. The molecule has 0 saturated heterocycles. The van der Waals surface area contributed by atoms with Gasteiger partial charge in [0.05, 0.1) is 5.56 Å². The minimum atomic E-state index is -0.487. The van der Waals surface area contributed by atoms with Gasteiger partial charge in [0.2, 0.25) is 10.7 Å². The number of aliphatic hydroxyl groups is 1. The summed E-state index contributed by atoms with van der Waals surface area (Å²) < 4.78 is 5.78. The Bertz CT molecular complexity index is 937. The van der Waals surface area contributed by atoms with E-state index < -0.39 is 11.3 Å². The molecule has 1 aliphatic rings. The maximum atomic E-state index is 12.1. The fourth-order valence-electron chi connectivity index (χ4n) is 1.95. The Kier molecular flexibility index (Phi) is 3.59. The molecule has 3 N–H and O–H groups in total. The van der Waals surface area contributed by atoms with Gasteiger partial charge in [0.25, 0.3) is 5.56 Å². The van der Waals surface area contributed by atoms with E-state index in [2.05, 4.69) is 9.36 Å². The third kappa shape index (κ3) is 2.34. The highest BCUT2D eigenvalue weighted by Crippen LogP contribution is 2.24. The van der Waals surface area contributed by atoms with Crippen LogP contribution in [0.2, 0.25) is 0 Å². The molecule has 9 heteroatoms. The Hall–Kier alpha value is -2.39. The normalized spacial score (nSPS) is 16.5. The molecule has 0 spiro atoms. The first-order valence-corrected chi connectivity index (χ1v) is 8.07. The van der Waals surface area contributed by atoms with Gasteiger partial charge >= 0.3 is 0 Å². The average Bonchev–Trinajstić information content (AvgIpc) is 2.90. The van der Waals surface area contributed by atoms with E-state index in [1.165, 1.54) is 36.1 Å². The van der Waals surface area contributed by atoms with E-state index in [1.807, 2.05) is 6.26 Å². The lowest BCUT2D eigenvalue weighted by molar-refractivity contribution is -0.113. The number of anilines is 1. The van der Waals surface area contributed by atoms with E-state index in [-0.39, 0.29) is 17.1 Å². The molecule has 0 bridgehead atoms. The molecule has 0 saturated carbocycles. The lowest BCUT2D eigenvalue weighted by Gasteiger charge is -2.06. The smallest absolute Gasteiger partial charge is 0.283 e. The lowest BCUT2D eigenvalue weighted by Crippen LogP contribution is -2.16. The number of aromatic nitrogens is 3. The molecule has 0 amide bonds. The molecule has 0 unspecified atom stereocenters. The molecule has 22 heavy (non-hydrogen) atoms. The number of aliphatic hydroxyl groups excluding tert-OH is 1. The Morgan fingerprint density at radius 1 is 1.41 bits per heavy atom.